The first kappa shape index (κ1) is 27.9. The van der Waals surface area contributed by atoms with Crippen LogP contribution in [0.1, 0.15) is 48.3 Å². The predicted octanol–water partition coefficient (Wildman–Crippen LogP) is 4.28. The van der Waals surface area contributed by atoms with E-state index in [-0.39, 0.29) is 23.7 Å². The number of nitrogen functional groups attached to an aromatic ring is 1. The Morgan fingerprint density at radius 2 is 1.87 bits per heavy atom. The van der Waals surface area contributed by atoms with E-state index in [1.807, 2.05) is 13.0 Å². The Morgan fingerprint density at radius 1 is 1.13 bits per heavy atom. The molecule has 1 fully saturated rings. The number of rotatable bonds is 10. The second kappa shape index (κ2) is 11.3. The topological polar surface area (TPSA) is 121 Å². The van der Waals surface area contributed by atoms with E-state index in [1.54, 1.807) is 26.4 Å². The highest BCUT2D eigenvalue weighted by Gasteiger charge is 2.38. The zero-order valence-electron chi connectivity index (χ0n) is 22.0. The number of fused-ring (bicyclic) bond motifs is 1. The maximum atomic E-state index is 14.6. The monoisotopic (exact) mass is 532 g/mol. The summed E-state index contributed by atoms with van der Waals surface area (Å²) in [6.45, 7) is 1.77. The number of alkyl halides is 2. The number of benzene rings is 2. The number of nitrogens with one attached hydrogen (secondary N) is 1. The number of aliphatic hydroxyl groups excluding tert-OH is 1. The van der Waals surface area contributed by atoms with Gasteiger partial charge in [0.15, 0.2) is 5.82 Å². The summed E-state index contributed by atoms with van der Waals surface area (Å²) in [6.07, 6.45) is 1.28. The molecule has 2 aromatic carbocycles. The number of aliphatic hydroxyl groups is 1. The molecular formula is C27H34F2N4O5. The fourth-order valence-electron chi connectivity index (χ4n) is 4.89. The molecule has 38 heavy (non-hydrogen) atoms. The number of anilines is 2. The number of hydrogen-bond acceptors (Lipinski definition) is 9. The molecule has 0 radical (unpaired) electrons. The molecule has 11 heteroatoms. The van der Waals surface area contributed by atoms with Crippen molar-refractivity contribution in [3.8, 4) is 5.75 Å². The summed E-state index contributed by atoms with van der Waals surface area (Å²) < 4.78 is 51.2. The van der Waals surface area contributed by atoms with E-state index in [4.69, 9.17) is 24.7 Å². The summed E-state index contributed by atoms with van der Waals surface area (Å²) in [5.74, 6) is -1.96. The smallest absolute Gasteiger partial charge is 0.296 e. The zero-order valence-corrected chi connectivity index (χ0v) is 22.0. The highest BCUT2D eigenvalue weighted by molar-refractivity contribution is 5.91. The van der Waals surface area contributed by atoms with Crippen molar-refractivity contribution < 1.29 is 32.8 Å². The van der Waals surface area contributed by atoms with Gasteiger partial charge in [-0.1, -0.05) is 0 Å². The largest absolute Gasteiger partial charge is 0.496 e. The Labute approximate surface area is 220 Å². The molecule has 0 saturated carbocycles. The molecule has 0 bridgehead atoms. The average molecular weight is 533 g/mol. The van der Waals surface area contributed by atoms with Gasteiger partial charge in [-0.15, -0.1) is 0 Å². The number of nitrogens with zero attached hydrogens (tertiary/aromatic N) is 2. The van der Waals surface area contributed by atoms with E-state index in [9.17, 15) is 13.9 Å². The third-order valence-electron chi connectivity index (χ3n) is 6.97. The molecule has 4 N–H and O–H groups in total. The molecule has 0 amide bonds. The van der Waals surface area contributed by atoms with Crippen molar-refractivity contribution in [2.75, 3.05) is 52.2 Å². The van der Waals surface area contributed by atoms with E-state index in [0.717, 1.165) is 5.56 Å². The highest BCUT2D eigenvalue weighted by atomic mass is 19.3. The lowest BCUT2D eigenvalue weighted by Crippen LogP contribution is -2.36. The summed E-state index contributed by atoms with van der Waals surface area (Å²) in [7, 11) is 4.47. The van der Waals surface area contributed by atoms with Crippen molar-refractivity contribution in [2.45, 2.75) is 43.9 Å². The Morgan fingerprint density at radius 3 is 2.50 bits per heavy atom. The van der Waals surface area contributed by atoms with Gasteiger partial charge in [0, 0.05) is 68.5 Å². The van der Waals surface area contributed by atoms with Crippen LogP contribution in [-0.2, 0) is 32.3 Å². The molecule has 1 aliphatic heterocycles. The number of nitrogens with two attached hydrogens (primary N) is 1. The minimum absolute atomic E-state index is 0.203. The van der Waals surface area contributed by atoms with Crippen molar-refractivity contribution in [3.05, 3.63) is 52.8 Å². The summed E-state index contributed by atoms with van der Waals surface area (Å²) in [5, 5.41) is 13.8. The van der Waals surface area contributed by atoms with E-state index < -0.39 is 24.2 Å². The van der Waals surface area contributed by atoms with Gasteiger partial charge in [0.2, 0.25) is 0 Å². The lowest BCUT2D eigenvalue weighted by Gasteiger charge is -2.37. The summed E-state index contributed by atoms with van der Waals surface area (Å²) >= 11 is 0. The first-order chi connectivity index (χ1) is 18.2. The highest BCUT2D eigenvalue weighted by Crippen LogP contribution is 2.43. The van der Waals surface area contributed by atoms with Crippen LogP contribution in [0.4, 0.5) is 20.3 Å². The fraction of sp³-hybridized carbons (Fsp3) is 0.481. The Bertz CT molecular complexity index is 1280. The van der Waals surface area contributed by atoms with Crippen LogP contribution < -0.4 is 15.8 Å². The van der Waals surface area contributed by atoms with Crippen molar-refractivity contribution in [3.63, 3.8) is 0 Å². The van der Waals surface area contributed by atoms with E-state index in [2.05, 4.69) is 15.3 Å². The SMILES string of the molecule is COCC(F)(F)c1cc(N)cc([C@@H](C)Nc2nc(CO)nc3cc(OC)c(C4(OC)CCOCC4)cc23)c1. The molecule has 0 spiro atoms. The van der Waals surface area contributed by atoms with Crippen molar-refractivity contribution in [1.82, 2.24) is 9.97 Å². The molecule has 1 aliphatic rings. The van der Waals surface area contributed by atoms with Gasteiger partial charge >= 0.3 is 0 Å². The van der Waals surface area contributed by atoms with Gasteiger partial charge in [-0.25, -0.2) is 9.97 Å². The molecule has 4 rings (SSSR count). The van der Waals surface area contributed by atoms with E-state index >= 15 is 0 Å². The lowest BCUT2D eigenvalue weighted by molar-refractivity contribution is -0.0956. The maximum absolute atomic E-state index is 14.6. The lowest BCUT2D eigenvalue weighted by atomic mass is 9.84. The van der Waals surface area contributed by atoms with Crippen LogP contribution in [0, 0.1) is 0 Å². The summed E-state index contributed by atoms with van der Waals surface area (Å²) in [6, 6.07) is 7.54. The molecule has 0 unspecified atom stereocenters. The predicted molar refractivity (Wildman–Crippen MR) is 139 cm³/mol. The number of aromatic nitrogens is 2. The molecule has 0 aliphatic carbocycles. The molecule has 206 valence electrons. The van der Waals surface area contributed by atoms with E-state index in [1.165, 1.54) is 19.2 Å². The molecule has 1 atom stereocenters. The quantitative estimate of drug-likeness (QED) is 0.329. The van der Waals surface area contributed by atoms with E-state index in [0.29, 0.717) is 54.1 Å². The maximum Gasteiger partial charge on any atom is 0.296 e. The van der Waals surface area contributed by atoms with Crippen LogP contribution in [0.3, 0.4) is 0 Å². The molecule has 1 saturated heterocycles. The van der Waals surface area contributed by atoms with Gasteiger partial charge < -0.3 is 35.1 Å². The third kappa shape index (κ3) is 5.51. The molecular weight excluding hydrogens is 498 g/mol. The van der Waals surface area contributed by atoms with Crippen LogP contribution in [0.2, 0.25) is 0 Å². The Hall–Kier alpha value is -3.12. The molecule has 3 aromatic rings. The van der Waals surface area contributed by atoms with Gasteiger partial charge in [0.1, 0.15) is 30.4 Å². The van der Waals surface area contributed by atoms with Gasteiger partial charge in [-0.2, -0.15) is 8.78 Å². The van der Waals surface area contributed by atoms with Crippen LogP contribution in [0.5, 0.6) is 5.75 Å². The normalized spacial score (nSPS) is 16.4. The first-order valence-electron chi connectivity index (χ1n) is 12.3. The minimum atomic E-state index is -3.20. The third-order valence-corrected chi connectivity index (χ3v) is 6.97. The number of hydrogen-bond donors (Lipinski definition) is 3. The second-order valence-electron chi connectivity index (χ2n) is 9.42. The number of methoxy groups -OCH3 is 3. The Kier molecular flexibility index (Phi) is 8.31. The van der Waals surface area contributed by atoms with Crippen LogP contribution in [0.25, 0.3) is 10.9 Å². The van der Waals surface area contributed by atoms with Crippen molar-refractivity contribution in [1.29, 1.82) is 0 Å². The molecule has 9 nitrogen and oxygen atoms in total. The fourth-order valence-corrected chi connectivity index (χ4v) is 4.89. The zero-order chi connectivity index (χ0) is 27.5. The number of ether oxygens (including phenoxy) is 4. The minimum Gasteiger partial charge on any atom is -0.496 e. The van der Waals surface area contributed by atoms with Crippen molar-refractivity contribution in [2.24, 2.45) is 0 Å². The Balaban J connectivity index is 1.80. The van der Waals surface area contributed by atoms with Crippen LogP contribution >= 0.6 is 0 Å². The average Bonchev–Trinajstić information content (AvgIpc) is 2.92. The first-order valence-corrected chi connectivity index (χ1v) is 12.3. The van der Waals surface area contributed by atoms with Gasteiger partial charge in [0.25, 0.3) is 5.92 Å². The standard InChI is InChI=1S/C27H34F2N4O5/c1-16(17-9-18(11-19(30)10-17)27(28,29)15-35-2)31-25-20-12-21(26(37-4)5-7-38-8-6-26)23(36-3)13-22(20)32-24(14-34)33-25/h9-13,16,34H,5-8,14-15,30H2,1-4H3,(H,31,32,33)/t16-/m1/s1. The number of halogens is 2. The summed E-state index contributed by atoms with van der Waals surface area (Å²) in [5.41, 5.74) is 7.27. The summed E-state index contributed by atoms with van der Waals surface area (Å²) in [4.78, 5) is 9.00. The van der Waals surface area contributed by atoms with Gasteiger partial charge in [0.05, 0.1) is 18.7 Å². The molecule has 2 heterocycles. The second-order valence-corrected chi connectivity index (χ2v) is 9.42. The van der Waals surface area contributed by atoms with Gasteiger partial charge in [-0.05, 0) is 36.8 Å². The van der Waals surface area contributed by atoms with Crippen LogP contribution in [-0.4, -0.2) is 56.2 Å². The van der Waals surface area contributed by atoms with Crippen molar-refractivity contribution >= 4 is 22.4 Å². The molecule has 1 aromatic heterocycles. The van der Waals surface area contributed by atoms with Gasteiger partial charge in [-0.3, -0.25) is 0 Å². The van der Waals surface area contributed by atoms with Crippen LogP contribution in [0.15, 0.2) is 30.3 Å².